The molecule has 0 spiro atoms. The number of hydrogen-bond donors (Lipinski definition) is 2. The van der Waals surface area contributed by atoms with Gasteiger partial charge in [-0.3, -0.25) is 0 Å². The molecule has 72 valence electrons. The van der Waals surface area contributed by atoms with E-state index in [9.17, 15) is 4.79 Å². The van der Waals surface area contributed by atoms with Gasteiger partial charge in [-0.15, -0.1) is 0 Å². The fourth-order valence-electron chi connectivity index (χ4n) is 1.42. The molecule has 1 unspecified atom stereocenters. The summed E-state index contributed by atoms with van der Waals surface area (Å²) in [5.74, 6) is 0.744. The van der Waals surface area contributed by atoms with Crippen LogP contribution in [0.15, 0.2) is 36.6 Å². The Labute approximate surface area is 81.4 Å². The second-order valence-corrected chi connectivity index (χ2v) is 2.97. The van der Waals surface area contributed by atoms with Gasteiger partial charge in [-0.2, -0.15) is 0 Å². The average Bonchev–Trinajstić information content (AvgIpc) is 2.18. The third-order valence-corrected chi connectivity index (χ3v) is 2.02. The minimum atomic E-state index is -0.545. The van der Waals surface area contributed by atoms with Crippen molar-refractivity contribution in [3.05, 3.63) is 42.2 Å². The normalized spacial score (nSPS) is 18.1. The van der Waals surface area contributed by atoms with E-state index in [1.54, 1.807) is 12.3 Å². The van der Waals surface area contributed by atoms with E-state index < -0.39 is 6.03 Å². The first-order valence-corrected chi connectivity index (χ1v) is 4.25. The van der Waals surface area contributed by atoms with Crippen LogP contribution < -0.4 is 15.8 Å². The van der Waals surface area contributed by atoms with Crippen molar-refractivity contribution in [2.75, 3.05) is 0 Å². The van der Waals surface area contributed by atoms with Crippen molar-refractivity contribution in [2.45, 2.75) is 6.04 Å². The fourth-order valence-corrected chi connectivity index (χ4v) is 1.42. The number of carbonyl (C=O) groups is 1. The van der Waals surface area contributed by atoms with Crippen LogP contribution in [-0.2, 0) is 0 Å². The van der Waals surface area contributed by atoms with E-state index in [4.69, 9.17) is 10.5 Å². The predicted octanol–water partition coefficient (Wildman–Crippen LogP) is 1.30. The standard InChI is InChI=1S/C10H10N2O2/c11-10(13)12-8-5-6-14-9-4-2-1-3-7(8)9/h1-6,8H,(H3,11,12,13). The van der Waals surface area contributed by atoms with Crippen LogP contribution in [0.5, 0.6) is 5.75 Å². The van der Waals surface area contributed by atoms with Crippen LogP contribution in [0.4, 0.5) is 4.79 Å². The van der Waals surface area contributed by atoms with E-state index in [0.717, 1.165) is 11.3 Å². The lowest BCUT2D eigenvalue weighted by molar-refractivity contribution is 0.246. The van der Waals surface area contributed by atoms with Gasteiger partial charge in [-0.1, -0.05) is 18.2 Å². The summed E-state index contributed by atoms with van der Waals surface area (Å²) >= 11 is 0. The Morgan fingerprint density at radius 3 is 3.00 bits per heavy atom. The van der Waals surface area contributed by atoms with Crippen LogP contribution in [-0.4, -0.2) is 6.03 Å². The molecule has 2 amide bonds. The lowest BCUT2D eigenvalue weighted by atomic mass is 10.0. The second kappa shape index (κ2) is 3.41. The smallest absolute Gasteiger partial charge is 0.312 e. The van der Waals surface area contributed by atoms with Gasteiger partial charge in [0.25, 0.3) is 0 Å². The zero-order valence-electron chi connectivity index (χ0n) is 7.44. The molecule has 0 bridgehead atoms. The third-order valence-electron chi connectivity index (χ3n) is 2.02. The molecule has 1 atom stereocenters. The van der Waals surface area contributed by atoms with Crippen LogP contribution in [0.2, 0.25) is 0 Å². The summed E-state index contributed by atoms with van der Waals surface area (Å²) in [6, 6.07) is 6.75. The van der Waals surface area contributed by atoms with Gasteiger partial charge < -0.3 is 15.8 Å². The van der Waals surface area contributed by atoms with Crippen molar-refractivity contribution < 1.29 is 9.53 Å². The largest absolute Gasteiger partial charge is 0.465 e. The second-order valence-electron chi connectivity index (χ2n) is 2.97. The molecule has 4 nitrogen and oxygen atoms in total. The maximum atomic E-state index is 10.7. The summed E-state index contributed by atoms with van der Waals surface area (Å²) in [6.45, 7) is 0. The number of carbonyl (C=O) groups excluding carboxylic acids is 1. The van der Waals surface area contributed by atoms with Gasteiger partial charge in [0.15, 0.2) is 0 Å². The minimum absolute atomic E-state index is 0.197. The van der Waals surface area contributed by atoms with Crippen LogP contribution in [0.1, 0.15) is 11.6 Å². The number of para-hydroxylation sites is 1. The van der Waals surface area contributed by atoms with E-state index >= 15 is 0 Å². The zero-order chi connectivity index (χ0) is 9.97. The van der Waals surface area contributed by atoms with Crippen LogP contribution in [0.3, 0.4) is 0 Å². The number of rotatable bonds is 1. The number of primary amides is 1. The molecule has 0 aromatic heterocycles. The maximum absolute atomic E-state index is 10.7. The summed E-state index contributed by atoms with van der Waals surface area (Å²) in [5.41, 5.74) is 5.97. The van der Waals surface area contributed by atoms with Gasteiger partial charge in [0.05, 0.1) is 12.3 Å². The zero-order valence-corrected chi connectivity index (χ0v) is 7.44. The number of amides is 2. The highest BCUT2D eigenvalue weighted by atomic mass is 16.5. The Morgan fingerprint density at radius 1 is 1.43 bits per heavy atom. The first-order chi connectivity index (χ1) is 6.77. The lowest BCUT2D eigenvalue weighted by Crippen LogP contribution is -2.33. The van der Waals surface area contributed by atoms with Gasteiger partial charge in [0.1, 0.15) is 5.75 Å². The van der Waals surface area contributed by atoms with Gasteiger partial charge in [-0.25, -0.2) is 4.79 Å². The van der Waals surface area contributed by atoms with E-state index in [-0.39, 0.29) is 6.04 Å². The molecule has 0 saturated carbocycles. The number of nitrogens with two attached hydrogens (primary N) is 1. The molecule has 14 heavy (non-hydrogen) atoms. The van der Waals surface area contributed by atoms with Crippen LogP contribution in [0.25, 0.3) is 0 Å². The SMILES string of the molecule is NC(=O)NC1C=COc2ccccc21. The Kier molecular flexibility index (Phi) is 2.10. The topological polar surface area (TPSA) is 64.4 Å². The van der Waals surface area contributed by atoms with Gasteiger partial charge in [0, 0.05) is 5.56 Å². The average molecular weight is 190 g/mol. The number of nitrogens with one attached hydrogen (secondary N) is 1. The molecule has 4 heteroatoms. The Balaban J connectivity index is 2.31. The maximum Gasteiger partial charge on any atom is 0.312 e. The summed E-state index contributed by atoms with van der Waals surface area (Å²) in [7, 11) is 0. The first kappa shape index (κ1) is 8.62. The van der Waals surface area contributed by atoms with Crippen molar-refractivity contribution in [3.63, 3.8) is 0 Å². The highest BCUT2D eigenvalue weighted by Gasteiger charge is 2.17. The quantitative estimate of drug-likeness (QED) is 0.701. The predicted molar refractivity (Wildman–Crippen MR) is 51.7 cm³/mol. The van der Waals surface area contributed by atoms with Crippen LogP contribution >= 0.6 is 0 Å². The van der Waals surface area contributed by atoms with E-state index in [0.29, 0.717) is 0 Å². The summed E-state index contributed by atoms with van der Waals surface area (Å²) in [5, 5.41) is 2.61. The summed E-state index contributed by atoms with van der Waals surface area (Å²) in [4.78, 5) is 10.7. The molecular formula is C10H10N2O2. The van der Waals surface area contributed by atoms with Gasteiger partial charge in [0.2, 0.25) is 0 Å². The fraction of sp³-hybridized carbons (Fsp3) is 0.100. The molecule has 1 aliphatic heterocycles. The molecule has 1 heterocycles. The minimum Gasteiger partial charge on any atom is -0.465 e. The lowest BCUT2D eigenvalue weighted by Gasteiger charge is -2.20. The van der Waals surface area contributed by atoms with Gasteiger partial charge >= 0.3 is 6.03 Å². The first-order valence-electron chi connectivity index (χ1n) is 4.25. The van der Waals surface area contributed by atoms with Crippen molar-refractivity contribution in [3.8, 4) is 5.75 Å². The molecule has 0 saturated heterocycles. The number of urea groups is 1. The van der Waals surface area contributed by atoms with Gasteiger partial charge in [-0.05, 0) is 12.1 Å². The Hall–Kier alpha value is -1.97. The van der Waals surface area contributed by atoms with Crippen molar-refractivity contribution in [1.29, 1.82) is 0 Å². The highest BCUT2D eigenvalue weighted by Crippen LogP contribution is 2.29. The molecule has 1 aromatic carbocycles. The van der Waals surface area contributed by atoms with Crippen molar-refractivity contribution in [2.24, 2.45) is 5.73 Å². The molecule has 2 rings (SSSR count). The number of hydrogen-bond acceptors (Lipinski definition) is 2. The molecule has 1 aromatic rings. The molecule has 0 radical (unpaired) electrons. The van der Waals surface area contributed by atoms with Crippen molar-refractivity contribution >= 4 is 6.03 Å². The summed E-state index contributed by atoms with van der Waals surface area (Å²) in [6.07, 6.45) is 3.29. The molecule has 3 N–H and O–H groups in total. The number of ether oxygens (including phenoxy) is 1. The molecule has 0 fully saturated rings. The third kappa shape index (κ3) is 1.54. The van der Waals surface area contributed by atoms with E-state index in [2.05, 4.69) is 5.32 Å². The van der Waals surface area contributed by atoms with Crippen molar-refractivity contribution in [1.82, 2.24) is 5.32 Å². The Bertz CT molecular complexity index is 387. The monoisotopic (exact) mass is 190 g/mol. The number of fused-ring (bicyclic) bond motifs is 1. The van der Waals surface area contributed by atoms with E-state index in [1.165, 1.54) is 0 Å². The van der Waals surface area contributed by atoms with Crippen LogP contribution in [0, 0.1) is 0 Å². The summed E-state index contributed by atoms with van der Waals surface area (Å²) < 4.78 is 5.26. The number of benzene rings is 1. The highest BCUT2D eigenvalue weighted by molar-refractivity contribution is 5.72. The molecule has 0 aliphatic carbocycles. The molecular weight excluding hydrogens is 180 g/mol. The molecule has 1 aliphatic rings. The van der Waals surface area contributed by atoms with E-state index in [1.807, 2.05) is 24.3 Å². The Morgan fingerprint density at radius 2 is 2.21 bits per heavy atom.